The molecule has 2 unspecified atom stereocenters. The Balaban J connectivity index is 1.48. The van der Waals surface area contributed by atoms with E-state index in [9.17, 15) is 27.5 Å². The molecule has 4 rings (SSSR count). The highest BCUT2D eigenvalue weighted by Crippen LogP contribution is 2.46. The number of carbonyl (C=O) groups excluding carboxylic acids is 1. The Morgan fingerprint density at radius 3 is 2.09 bits per heavy atom. The van der Waals surface area contributed by atoms with E-state index in [0.29, 0.717) is 16.7 Å². The molecule has 0 saturated heterocycles. The highest BCUT2D eigenvalue weighted by molar-refractivity contribution is 5.73. The lowest BCUT2D eigenvalue weighted by Crippen LogP contribution is -2.49. The van der Waals surface area contributed by atoms with Crippen LogP contribution in [0.2, 0.25) is 0 Å². The number of halogens is 4. The molecule has 1 aliphatic carbocycles. The van der Waals surface area contributed by atoms with Crippen LogP contribution in [-0.2, 0) is 16.8 Å². The van der Waals surface area contributed by atoms with Gasteiger partial charge in [0.2, 0.25) is 5.91 Å². The van der Waals surface area contributed by atoms with E-state index in [1.54, 1.807) is 6.07 Å². The summed E-state index contributed by atoms with van der Waals surface area (Å²) in [5.74, 6) is -3.15. The van der Waals surface area contributed by atoms with Gasteiger partial charge in [-0.25, -0.2) is 17.6 Å². The number of aliphatic hydroxyl groups excluding tert-OH is 1. The zero-order chi connectivity index (χ0) is 25.2. The molecule has 35 heavy (non-hydrogen) atoms. The molecule has 0 spiro atoms. The van der Waals surface area contributed by atoms with E-state index in [1.165, 1.54) is 31.2 Å². The molecule has 0 aromatic heterocycles. The van der Waals surface area contributed by atoms with Crippen molar-refractivity contribution in [3.63, 3.8) is 0 Å². The summed E-state index contributed by atoms with van der Waals surface area (Å²) in [6.07, 6.45) is 0.592. The van der Waals surface area contributed by atoms with E-state index < -0.39 is 41.0 Å². The van der Waals surface area contributed by atoms with Crippen LogP contribution in [0.5, 0.6) is 0 Å². The zero-order valence-electron chi connectivity index (χ0n) is 19.1. The molecule has 3 N–H and O–H groups in total. The number of amides is 1. The zero-order valence-corrected chi connectivity index (χ0v) is 19.1. The van der Waals surface area contributed by atoms with Crippen molar-refractivity contribution in [3.8, 4) is 11.1 Å². The fourth-order valence-corrected chi connectivity index (χ4v) is 4.38. The van der Waals surface area contributed by atoms with Gasteiger partial charge in [0.15, 0.2) is 0 Å². The molecular formula is C27H26F4N2O2. The van der Waals surface area contributed by atoms with Crippen molar-refractivity contribution in [3.05, 3.63) is 95.1 Å². The molecule has 1 fully saturated rings. The second kappa shape index (κ2) is 10.2. The Labute approximate surface area is 201 Å². The van der Waals surface area contributed by atoms with Crippen molar-refractivity contribution in [2.45, 2.75) is 43.9 Å². The first kappa shape index (κ1) is 24.9. The number of carbonyl (C=O) groups is 1. The van der Waals surface area contributed by atoms with Crippen molar-refractivity contribution in [2.24, 2.45) is 0 Å². The van der Waals surface area contributed by atoms with Gasteiger partial charge in [-0.3, -0.25) is 4.79 Å². The molecule has 2 atom stereocenters. The Kier molecular flexibility index (Phi) is 7.23. The molecule has 8 heteroatoms. The fraction of sp³-hybridized carbons (Fsp3) is 0.296. The van der Waals surface area contributed by atoms with Crippen LogP contribution in [0.1, 0.15) is 30.9 Å². The first-order chi connectivity index (χ1) is 16.6. The van der Waals surface area contributed by atoms with Crippen LogP contribution in [0.25, 0.3) is 11.1 Å². The van der Waals surface area contributed by atoms with Crippen LogP contribution < -0.4 is 10.6 Å². The molecule has 0 radical (unpaired) electrons. The largest absolute Gasteiger partial charge is 0.390 e. The lowest BCUT2D eigenvalue weighted by Gasteiger charge is -2.27. The van der Waals surface area contributed by atoms with Gasteiger partial charge in [-0.05, 0) is 71.8 Å². The normalized spacial score (nSPS) is 15.9. The van der Waals surface area contributed by atoms with Gasteiger partial charge in [0.25, 0.3) is 0 Å². The Morgan fingerprint density at radius 2 is 1.51 bits per heavy atom. The first-order valence-electron chi connectivity index (χ1n) is 11.4. The minimum absolute atomic E-state index is 0.0464. The lowest BCUT2D eigenvalue weighted by atomic mass is 9.97. The Hall–Kier alpha value is -3.23. The molecule has 1 saturated carbocycles. The highest BCUT2D eigenvalue weighted by Gasteiger charge is 2.44. The third-order valence-electron chi connectivity index (χ3n) is 6.24. The second-order valence-corrected chi connectivity index (χ2v) is 9.06. The smallest absolute Gasteiger partial charge is 0.217 e. The predicted octanol–water partition coefficient (Wildman–Crippen LogP) is 4.60. The highest BCUT2D eigenvalue weighted by atomic mass is 19.1. The van der Waals surface area contributed by atoms with Crippen LogP contribution in [0.4, 0.5) is 17.6 Å². The molecule has 0 bridgehead atoms. The molecule has 1 aliphatic rings. The summed E-state index contributed by atoms with van der Waals surface area (Å²) in [7, 11) is 0. The van der Waals surface area contributed by atoms with Gasteiger partial charge in [0.1, 0.15) is 23.3 Å². The fourth-order valence-electron chi connectivity index (χ4n) is 4.38. The van der Waals surface area contributed by atoms with E-state index in [2.05, 4.69) is 10.6 Å². The minimum Gasteiger partial charge on any atom is -0.390 e. The predicted molar refractivity (Wildman–Crippen MR) is 124 cm³/mol. The number of rotatable bonds is 9. The van der Waals surface area contributed by atoms with E-state index >= 15 is 0 Å². The van der Waals surface area contributed by atoms with Crippen molar-refractivity contribution in [2.75, 3.05) is 6.54 Å². The van der Waals surface area contributed by atoms with Gasteiger partial charge in [0.05, 0.1) is 12.1 Å². The van der Waals surface area contributed by atoms with E-state index in [4.69, 9.17) is 0 Å². The van der Waals surface area contributed by atoms with E-state index in [1.807, 2.05) is 18.2 Å². The SMILES string of the molecule is CC(=O)NC(Cc1cc(F)cc(F)c1)C(O)CNC1(c2cccc(-c3cc(F)cc(F)c3)c2)CC1. The number of hydrogen-bond donors (Lipinski definition) is 3. The standard InChI is InChI=1S/C27H26F4N2O2/c1-16(34)33-25(9-17-7-21(28)13-22(29)8-17)26(35)15-32-27(5-6-27)20-4-2-3-18(10-20)19-11-23(30)14-24(31)12-19/h2-4,7-8,10-14,25-26,32,35H,5-6,9,15H2,1H3,(H,33,34). The monoisotopic (exact) mass is 486 g/mol. The van der Waals surface area contributed by atoms with Gasteiger partial charge < -0.3 is 15.7 Å². The van der Waals surface area contributed by atoms with Gasteiger partial charge in [-0.15, -0.1) is 0 Å². The van der Waals surface area contributed by atoms with E-state index in [0.717, 1.165) is 30.5 Å². The topological polar surface area (TPSA) is 61.4 Å². The summed E-state index contributed by atoms with van der Waals surface area (Å²) in [6, 6.07) is 13.0. The number of benzene rings is 3. The summed E-state index contributed by atoms with van der Waals surface area (Å²) in [5.41, 5.74) is 1.90. The van der Waals surface area contributed by atoms with Gasteiger partial charge >= 0.3 is 0 Å². The molecule has 1 amide bonds. The third-order valence-corrected chi connectivity index (χ3v) is 6.24. The number of hydrogen-bond acceptors (Lipinski definition) is 3. The minimum atomic E-state index is -1.04. The maximum atomic E-state index is 13.7. The molecule has 184 valence electrons. The van der Waals surface area contributed by atoms with Gasteiger partial charge in [0, 0.05) is 31.1 Å². The molecule has 4 nitrogen and oxygen atoms in total. The summed E-state index contributed by atoms with van der Waals surface area (Å²) in [4.78, 5) is 11.7. The van der Waals surface area contributed by atoms with Crippen LogP contribution in [-0.4, -0.2) is 29.7 Å². The van der Waals surface area contributed by atoms with Crippen LogP contribution >= 0.6 is 0 Å². The molecular weight excluding hydrogens is 460 g/mol. The average molecular weight is 487 g/mol. The summed E-state index contributed by atoms with van der Waals surface area (Å²) in [6.45, 7) is 1.42. The molecule has 0 heterocycles. The number of aliphatic hydroxyl groups is 1. The molecule has 3 aromatic rings. The average Bonchev–Trinajstić information content (AvgIpc) is 3.57. The quantitative estimate of drug-likeness (QED) is 0.388. The van der Waals surface area contributed by atoms with Crippen molar-refractivity contribution >= 4 is 5.91 Å². The van der Waals surface area contributed by atoms with Crippen molar-refractivity contribution in [1.82, 2.24) is 10.6 Å². The second-order valence-electron chi connectivity index (χ2n) is 9.06. The van der Waals surface area contributed by atoms with Gasteiger partial charge in [-0.2, -0.15) is 0 Å². The van der Waals surface area contributed by atoms with Crippen LogP contribution in [0, 0.1) is 23.3 Å². The summed E-state index contributed by atoms with van der Waals surface area (Å²) < 4.78 is 54.6. The molecule has 0 aliphatic heterocycles. The Bertz CT molecular complexity index is 1190. The van der Waals surface area contributed by atoms with Crippen LogP contribution in [0.15, 0.2) is 60.7 Å². The van der Waals surface area contributed by atoms with Crippen LogP contribution in [0.3, 0.4) is 0 Å². The molecule has 3 aromatic carbocycles. The van der Waals surface area contributed by atoms with Crippen molar-refractivity contribution < 1.29 is 27.5 Å². The number of nitrogens with one attached hydrogen (secondary N) is 2. The third kappa shape index (κ3) is 6.26. The maximum absolute atomic E-state index is 13.7. The van der Waals surface area contributed by atoms with Crippen molar-refractivity contribution in [1.29, 1.82) is 0 Å². The summed E-state index contributed by atoms with van der Waals surface area (Å²) >= 11 is 0. The van der Waals surface area contributed by atoms with Gasteiger partial charge in [-0.1, -0.05) is 18.2 Å². The first-order valence-corrected chi connectivity index (χ1v) is 11.4. The Morgan fingerprint density at radius 1 is 0.914 bits per heavy atom. The lowest BCUT2D eigenvalue weighted by molar-refractivity contribution is -0.120. The summed E-state index contributed by atoms with van der Waals surface area (Å²) in [5, 5.41) is 16.9. The van der Waals surface area contributed by atoms with E-state index in [-0.39, 0.29) is 18.9 Å². The maximum Gasteiger partial charge on any atom is 0.217 e.